The van der Waals surface area contributed by atoms with Crippen LogP contribution in [0.5, 0.6) is 0 Å². The zero-order valence-electron chi connectivity index (χ0n) is 13.9. The van der Waals surface area contributed by atoms with Crippen LogP contribution < -0.4 is 10.6 Å². The number of carbonyl (C=O) groups is 1. The topological polar surface area (TPSA) is 63.2 Å². The first-order chi connectivity index (χ1) is 10.2. The van der Waals surface area contributed by atoms with Crippen LogP contribution >= 0.6 is 11.6 Å². The Morgan fingerprint density at radius 2 is 2.05 bits per heavy atom. The van der Waals surface area contributed by atoms with Crippen LogP contribution in [0.1, 0.15) is 34.6 Å². The fourth-order valence-electron chi connectivity index (χ4n) is 1.83. The van der Waals surface area contributed by atoms with Crippen LogP contribution in [-0.2, 0) is 4.74 Å². The molecule has 0 aliphatic rings. The molecule has 22 heavy (non-hydrogen) atoms. The van der Waals surface area contributed by atoms with Crippen molar-refractivity contribution in [2.24, 2.45) is 11.8 Å². The van der Waals surface area contributed by atoms with E-state index in [2.05, 4.69) is 29.5 Å². The van der Waals surface area contributed by atoms with Crippen molar-refractivity contribution in [2.45, 2.75) is 40.2 Å². The average molecular weight is 328 g/mol. The van der Waals surface area contributed by atoms with E-state index in [1.165, 1.54) is 0 Å². The first-order valence-electron chi connectivity index (χ1n) is 7.49. The molecular weight excluding hydrogens is 302 g/mol. The number of halogens is 1. The summed E-state index contributed by atoms with van der Waals surface area (Å²) in [6, 6.07) is 3.64. The normalized spacial score (nSPS) is 12.9. The Kier molecular flexibility index (Phi) is 6.94. The minimum Gasteiger partial charge on any atom is -0.444 e. The van der Waals surface area contributed by atoms with Gasteiger partial charge in [-0.1, -0.05) is 25.4 Å². The number of pyridine rings is 1. The second-order valence-corrected chi connectivity index (χ2v) is 7.02. The number of aromatic nitrogens is 1. The van der Waals surface area contributed by atoms with Crippen molar-refractivity contribution in [1.29, 1.82) is 0 Å². The summed E-state index contributed by atoms with van der Waals surface area (Å²) in [7, 11) is 0. The van der Waals surface area contributed by atoms with Crippen LogP contribution in [-0.4, -0.2) is 29.8 Å². The maximum Gasteiger partial charge on any atom is 0.407 e. The molecule has 5 nitrogen and oxygen atoms in total. The van der Waals surface area contributed by atoms with Crippen LogP contribution in [0.4, 0.5) is 10.5 Å². The molecule has 124 valence electrons. The lowest BCUT2D eigenvalue weighted by Crippen LogP contribution is -2.38. The second kappa shape index (κ2) is 8.22. The van der Waals surface area contributed by atoms with Crippen molar-refractivity contribution < 1.29 is 9.53 Å². The number of hydrogen-bond acceptors (Lipinski definition) is 4. The molecule has 0 aliphatic carbocycles. The Bertz CT molecular complexity index is 487. The molecule has 6 heteroatoms. The number of alkyl carbamates (subject to hydrolysis) is 1. The summed E-state index contributed by atoms with van der Waals surface area (Å²) < 4.78 is 5.25. The smallest absolute Gasteiger partial charge is 0.407 e. The molecule has 1 rings (SSSR count). The molecule has 0 saturated carbocycles. The van der Waals surface area contributed by atoms with E-state index < -0.39 is 5.60 Å². The highest BCUT2D eigenvalue weighted by molar-refractivity contribution is 6.29. The molecule has 1 aromatic heterocycles. The van der Waals surface area contributed by atoms with Crippen LogP contribution in [0.25, 0.3) is 0 Å². The zero-order valence-corrected chi connectivity index (χ0v) is 14.7. The van der Waals surface area contributed by atoms with Crippen molar-refractivity contribution in [1.82, 2.24) is 10.3 Å². The number of hydrogen-bond donors (Lipinski definition) is 2. The van der Waals surface area contributed by atoms with Gasteiger partial charge in [-0.15, -0.1) is 0 Å². The molecule has 0 aromatic carbocycles. The largest absolute Gasteiger partial charge is 0.444 e. The summed E-state index contributed by atoms with van der Waals surface area (Å²) in [5, 5.41) is 6.61. The van der Waals surface area contributed by atoms with E-state index in [4.69, 9.17) is 16.3 Å². The molecule has 0 bridgehead atoms. The van der Waals surface area contributed by atoms with Crippen molar-refractivity contribution in [3.8, 4) is 0 Å². The predicted molar refractivity (Wildman–Crippen MR) is 90.3 cm³/mol. The predicted octanol–water partition coefficient (Wildman–Crippen LogP) is 3.94. The average Bonchev–Trinajstić information content (AvgIpc) is 2.36. The number of anilines is 1. The molecule has 1 aromatic rings. The van der Waals surface area contributed by atoms with Crippen molar-refractivity contribution in [2.75, 3.05) is 18.4 Å². The third kappa shape index (κ3) is 7.50. The quantitative estimate of drug-likeness (QED) is 0.777. The van der Waals surface area contributed by atoms with Gasteiger partial charge in [0.1, 0.15) is 10.8 Å². The maximum absolute atomic E-state index is 11.7. The van der Waals surface area contributed by atoms with Gasteiger partial charge in [-0.25, -0.2) is 9.78 Å². The van der Waals surface area contributed by atoms with Gasteiger partial charge in [-0.05, 0) is 44.7 Å². The van der Waals surface area contributed by atoms with Gasteiger partial charge >= 0.3 is 6.09 Å². The van der Waals surface area contributed by atoms with Crippen LogP contribution in [0, 0.1) is 11.8 Å². The highest BCUT2D eigenvalue weighted by atomic mass is 35.5. The minimum atomic E-state index is -0.483. The maximum atomic E-state index is 11.7. The highest BCUT2D eigenvalue weighted by Crippen LogP contribution is 2.15. The fraction of sp³-hybridized carbons (Fsp3) is 0.625. The lowest BCUT2D eigenvalue weighted by molar-refractivity contribution is 0.0516. The van der Waals surface area contributed by atoms with E-state index >= 15 is 0 Å². The molecule has 0 spiro atoms. The van der Waals surface area contributed by atoms with Gasteiger partial charge < -0.3 is 15.4 Å². The standard InChI is InChI=1S/C16H26ClN3O2/c1-11(2)12(10-20-15(21)22-16(3,4)5)9-19-13-6-7-18-14(17)8-13/h6-8,11-12H,9-10H2,1-5H3,(H,18,19)(H,20,21). The molecule has 1 atom stereocenters. The summed E-state index contributed by atoms with van der Waals surface area (Å²) >= 11 is 5.86. The SMILES string of the molecule is CC(C)C(CNC(=O)OC(C)(C)C)CNc1ccnc(Cl)c1. The van der Waals surface area contributed by atoms with E-state index in [0.717, 1.165) is 12.2 Å². The monoisotopic (exact) mass is 327 g/mol. The molecule has 0 aliphatic heterocycles. The van der Waals surface area contributed by atoms with Gasteiger partial charge in [0.05, 0.1) is 0 Å². The number of ether oxygens (including phenoxy) is 1. The Labute approximate surface area is 137 Å². The fourth-order valence-corrected chi connectivity index (χ4v) is 2.01. The third-order valence-electron chi connectivity index (χ3n) is 3.15. The van der Waals surface area contributed by atoms with Gasteiger partial charge in [-0.2, -0.15) is 0 Å². The molecule has 1 heterocycles. The Balaban J connectivity index is 2.47. The van der Waals surface area contributed by atoms with E-state index in [1.54, 1.807) is 12.3 Å². The number of amides is 1. The lowest BCUT2D eigenvalue weighted by Gasteiger charge is -2.24. The molecule has 2 N–H and O–H groups in total. The van der Waals surface area contributed by atoms with Gasteiger partial charge in [-0.3, -0.25) is 0 Å². The molecule has 0 radical (unpaired) electrons. The summed E-state index contributed by atoms with van der Waals surface area (Å²) in [6.45, 7) is 11.1. The summed E-state index contributed by atoms with van der Waals surface area (Å²) in [4.78, 5) is 15.7. The van der Waals surface area contributed by atoms with E-state index in [0.29, 0.717) is 17.6 Å². The van der Waals surface area contributed by atoms with Crippen LogP contribution in [0.15, 0.2) is 18.3 Å². The number of rotatable bonds is 6. The van der Waals surface area contributed by atoms with Crippen molar-refractivity contribution in [3.05, 3.63) is 23.5 Å². The molecule has 0 fully saturated rings. The molecule has 0 saturated heterocycles. The zero-order chi connectivity index (χ0) is 16.8. The minimum absolute atomic E-state index is 0.277. The first kappa shape index (κ1) is 18.6. The Hall–Kier alpha value is -1.49. The van der Waals surface area contributed by atoms with Gasteiger partial charge in [0.2, 0.25) is 0 Å². The molecular formula is C16H26ClN3O2. The number of nitrogens with zero attached hydrogens (tertiary/aromatic N) is 1. The van der Waals surface area contributed by atoms with Crippen LogP contribution in [0.2, 0.25) is 5.15 Å². The van der Waals surface area contributed by atoms with Crippen LogP contribution in [0.3, 0.4) is 0 Å². The van der Waals surface area contributed by atoms with E-state index in [1.807, 2.05) is 26.8 Å². The lowest BCUT2D eigenvalue weighted by atomic mass is 9.95. The second-order valence-electron chi connectivity index (χ2n) is 6.64. The van der Waals surface area contributed by atoms with Gasteiger partial charge in [0.15, 0.2) is 0 Å². The molecule has 1 unspecified atom stereocenters. The van der Waals surface area contributed by atoms with E-state index in [9.17, 15) is 4.79 Å². The Morgan fingerprint density at radius 1 is 1.36 bits per heavy atom. The first-order valence-corrected chi connectivity index (χ1v) is 7.87. The number of nitrogens with one attached hydrogen (secondary N) is 2. The van der Waals surface area contributed by atoms with Gasteiger partial charge in [0.25, 0.3) is 0 Å². The Morgan fingerprint density at radius 3 is 2.59 bits per heavy atom. The van der Waals surface area contributed by atoms with E-state index in [-0.39, 0.29) is 12.0 Å². The summed E-state index contributed by atoms with van der Waals surface area (Å²) in [5.41, 5.74) is 0.437. The van der Waals surface area contributed by atoms with Crippen molar-refractivity contribution >= 4 is 23.4 Å². The molecule has 1 amide bonds. The number of carbonyl (C=O) groups excluding carboxylic acids is 1. The van der Waals surface area contributed by atoms with Crippen molar-refractivity contribution in [3.63, 3.8) is 0 Å². The van der Waals surface area contributed by atoms with Gasteiger partial charge in [0, 0.05) is 25.0 Å². The summed E-state index contributed by atoms with van der Waals surface area (Å²) in [6.07, 6.45) is 1.28. The summed E-state index contributed by atoms with van der Waals surface area (Å²) in [5.74, 6) is 0.694. The highest BCUT2D eigenvalue weighted by Gasteiger charge is 2.19. The third-order valence-corrected chi connectivity index (χ3v) is 3.35.